The summed E-state index contributed by atoms with van der Waals surface area (Å²) in [7, 11) is 0. The van der Waals surface area contributed by atoms with Gasteiger partial charge in [-0.15, -0.1) is 0 Å². The van der Waals surface area contributed by atoms with Gasteiger partial charge in [0.25, 0.3) is 0 Å². The van der Waals surface area contributed by atoms with Crippen LogP contribution in [0.5, 0.6) is 0 Å². The fraction of sp³-hybridized carbons (Fsp3) is 0.684. The first-order valence-electron chi connectivity index (χ1n) is 8.54. The van der Waals surface area contributed by atoms with Gasteiger partial charge in [0.1, 0.15) is 0 Å². The summed E-state index contributed by atoms with van der Waals surface area (Å²) < 4.78 is 0. The third-order valence-corrected chi connectivity index (χ3v) is 4.14. The van der Waals surface area contributed by atoms with Crippen LogP contribution >= 0.6 is 0 Å². The van der Waals surface area contributed by atoms with E-state index in [1.165, 1.54) is 62.5 Å². The standard InChI is InChI=1S/C19H33N/c1-4-5-6-7-8-9-10-13-16-20-18(3)19-15-12-11-14-17(19)2/h11-12,14-15,18,20H,4-10,13,16H2,1-3H3. The van der Waals surface area contributed by atoms with Crippen molar-refractivity contribution in [2.45, 2.75) is 78.2 Å². The van der Waals surface area contributed by atoms with E-state index < -0.39 is 0 Å². The zero-order valence-electron chi connectivity index (χ0n) is 13.8. The Morgan fingerprint density at radius 3 is 2.15 bits per heavy atom. The summed E-state index contributed by atoms with van der Waals surface area (Å²) >= 11 is 0. The highest BCUT2D eigenvalue weighted by Crippen LogP contribution is 2.16. The van der Waals surface area contributed by atoms with Crippen molar-refractivity contribution in [3.63, 3.8) is 0 Å². The Balaban J connectivity index is 2.03. The van der Waals surface area contributed by atoms with E-state index in [1.807, 2.05) is 0 Å². The highest BCUT2D eigenvalue weighted by Gasteiger charge is 2.06. The van der Waals surface area contributed by atoms with Crippen LogP contribution in [0.25, 0.3) is 0 Å². The molecule has 1 N–H and O–H groups in total. The number of aryl methyl sites for hydroxylation is 1. The van der Waals surface area contributed by atoms with E-state index in [0.717, 1.165) is 6.54 Å². The highest BCUT2D eigenvalue weighted by molar-refractivity contribution is 5.28. The van der Waals surface area contributed by atoms with Crippen molar-refractivity contribution in [2.75, 3.05) is 6.54 Å². The number of hydrogen-bond donors (Lipinski definition) is 1. The second kappa shape index (κ2) is 10.9. The maximum atomic E-state index is 3.65. The van der Waals surface area contributed by atoms with Crippen molar-refractivity contribution < 1.29 is 0 Å². The fourth-order valence-corrected chi connectivity index (χ4v) is 2.76. The summed E-state index contributed by atoms with van der Waals surface area (Å²) in [5, 5.41) is 3.65. The van der Waals surface area contributed by atoms with Crippen LogP contribution in [0.15, 0.2) is 24.3 Å². The molecular formula is C19H33N. The van der Waals surface area contributed by atoms with E-state index in [-0.39, 0.29) is 0 Å². The quantitative estimate of drug-likeness (QED) is 0.504. The average Bonchev–Trinajstić information content (AvgIpc) is 2.46. The molecule has 1 rings (SSSR count). The van der Waals surface area contributed by atoms with Gasteiger partial charge in [-0.05, 0) is 37.9 Å². The monoisotopic (exact) mass is 275 g/mol. The lowest BCUT2D eigenvalue weighted by molar-refractivity contribution is 0.520. The zero-order valence-corrected chi connectivity index (χ0v) is 13.8. The molecule has 0 spiro atoms. The van der Waals surface area contributed by atoms with Crippen LogP contribution in [0.4, 0.5) is 0 Å². The summed E-state index contributed by atoms with van der Waals surface area (Å²) in [4.78, 5) is 0. The maximum Gasteiger partial charge on any atom is 0.0294 e. The molecule has 0 saturated carbocycles. The van der Waals surface area contributed by atoms with Gasteiger partial charge in [-0.25, -0.2) is 0 Å². The van der Waals surface area contributed by atoms with Crippen LogP contribution in [-0.2, 0) is 0 Å². The van der Waals surface area contributed by atoms with Crippen LogP contribution in [0.2, 0.25) is 0 Å². The topological polar surface area (TPSA) is 12.0 Å². The number of hydrogen-bond acceptors (Lipinski definition) is 1. The van der Waals surface area contributed by atoms with Crippen molar-refractivity contribution in [2.24, 2.45) is 0 Å². The van der Waals surface area contributed by atoms with Gasteiger partial charge in [-0.3, -0.25) is 0 Å². The SMILES string of the molecule is CCCCCCCCCCNC(C)c1ccccc1C. The Morgan fingerprint density at radius 2 is 1.50 bits per heavy atom. The molecule has 1 unspecified atom stereocenters. The molecule has 1 heteroatoms. The summed E-state index contributed by atoms with van der Waals surface area (Å²) in [6.07, 6.45) is 11.1. The second-order valence-corrected chi connectivity index (χ2v) is 6.01. The molecule has 0 amide bonds. The minimum absolute atomic E-state index is 0.473. The van der Waals surface area contributed by atoms with Crippen LogP contribution in [0, 0.1) is 6.92 Å². The third kappa shape index (κ3) is 7.09. The zero-order chi connectivity index (χ0) is 14.6. The number of nitrogens with one attached hydrogen (secondary N) is 1. The summed E-state index contributed by atoms with van der Waals surface area (Å²) in [5.41, 5.74) is 2.83. The first kappa shape index (κ1) is 17.2. The third-order valence-electron chi connectivity index (χ3n) is 4.14. The predicted octanol–water partition coefficient (Wildman–Crippen LogP) is 5.79. The smallest absolute Gasteiger partial charge is 0.0294 e. The molecule has 0 radical (unpaired) electrons. The molecule has 0 fully saturated rings. The lowest BCUT2D eigenvalue weighted by atomic mass is 10.0. The van der Waals surface area contributed by atoms with Crippen molar-refractivity contribution in [1.82, 2.24) is 5.32 Å². The lowest BCUT2D eigenvalue weighted by Crippen LogP contribution is -2.20. The van der Waals surface area contributed by atoms with E-state index in [9.17, 15) is 0 Å². The maximum absolute atomic E-state index is 3.65. The summed E-state index contributed by atoms with van der Waals surface area (Å²) in [6.45, 7) is 7.89. The van der Waals surface area contributed by atoms with Gasteiger partial charge in [0.2, 0.25) is 0 Å². The molecule has 0 saturated heterocycles. The van der Waals surface area contributed by atoms with Crippen molar-refractivity contribution in [3.05, 3.63) is 35.4 Å². The molecule has 1 atom stereocenters. The van der Waals surface area contributed by atoms with E-state index in [0.29, 0.717) is 6.04 Å². The first-order chi connectivity index (χ1) is 9.75. The Labute approximate surface area is 126 Å². The molecule has 20 heavy (non-hydrogen) atoms. The Hall–Kier alpha value is -0.820. The molecule has 0 aliphatic heterocycles. The lowest BCUT2D eigenvalue weighted by Gasteiger charge is -2.16. The van der Waals surface area contributed by atoms with E-state index in [1.54, 1.807) is 0 Å². The van der Waals surface area contributed by atoms with Gasteiger partial charge >= 0.3 is 0 Å². The van der Waals surface area contributed by atoms with Gasteiger partial charge in [-0.1, -0.05) is 76.1 Å². The van der Waals surface area contributed by atoms with Gasteiger partial charge in [-0.2, -0.15) is 0 Å². The van der Waals surface area contributed by atoms with Gasteiger partial charge < -0.3 is 5.32 Å². The highest BCUT2D eigenvalue weighted by atomic mass is 14.9. The van der Waals surface area contributed by atoms with Crippen LogP contribution in [0.3, 0.4) is 0 Å². The van der Waals surface area contributed by atoms with Crippen LogP contribution in [-0.4, -0.2) is 6.54 Å². The molecule has 1 aromatic carbocycles. The minimum Gasteiger partial charge on any atom is -0.310 e. The van der Waals surface area contributed by atoms with Gasteiger partial charge in [0, 0.05) is 6.04 Å². The van der Waals surface area contributed by atoms with Crippen LogP contribution < -0.4 is 5.32 Å². The molecular weight excluding hydrogens is 242 g/mol. The van der Waals surface area contributed by atoms with E-state index in [2.05, 4.69) is 50.4 Å². The molecule has 1 aromatic rings. The Kier molecular flexibility index (Phi) is 9.40. The van der Waals surface area contributed by atoms with Crippen LogP contribution in [0.1, 0.15) is 82.4 Å². The molecule has 0 aromatic heterocycles. The largest absolute Gasteiger partial charge is 0.310 e. The number of rotatable bonds is 11. The fourth-order valence-electron chi connectivity index (χ4n) is 2.76. The van der Waals surface area contributed by atoms with Crippen molar-refractivity contribution in [3.8, 4) is 0 Å². The summed E-state index contributed by atoms with van der Waals surface area (Å²) in [6, 6.07) is 9.16. The molecule has 0 aliphatic rings. The first-order valence-corrected chi connectivity index (χ1v) is 8.54. The average molecular weight is 275 g/mol. The second-order valence-electron chi connectivity index (χ2n) is 6.01. The van der Waals surface area contributed by atoms with E-state index in [4.69, 9.17) is 0 Å². The normalized spacial score (nSPS) is 12.6. The Morgan fingerprint density at radius 1 is 0.900 bits per heavy atom. The predicted molar refractivity (Wildman–Crippen MR) is 90.2 cm³/mol. The number of benzene rings is 1. The summed E-state index contributed by atoms with van der Waals surface area (Å²) in [5.74, 6) is 0. The molecule has 0 heterocycles. The molecule has 1 nitrogen and oxygen atoms in total. The molecule has 0 aliphatic carbocycles. The van der Waals surface area contributed by atoms with Gasteiger partial charge in [0.05, 0.1) is 0 Å². The Bertz CT molecular complexity index is 345. The number of unbranched alkanes of at least 4 members (excludes halogenated alkanes) is 7. The molecule has 114 valence electrons. The molecule has 0 bridgehead atoms. The van der Waals surface area contributed by atoms with E-state index >= 15 is 0 Å². The van der Waals surface area contributed by atoms with Crippen molar-refractivity contribution in [1.29, 1.82) is 0 Å². The minimum atomic E-state index is 0.473. The van der Waals surface area contributed by atoms with Gasteiger partial charge in [0.15, 0.2) is 0 Å². The van der Waals surface area contributed by atoms with Crippen molar-refractivity contribution >= 4 is 0 Å².